The van der Waals surface area contributed by atoms with Crippen molar-refractivity contribution < 1.29 is 0 Å². The van der Waals surface area contributed by atoms with Crippen molar-refractivity contribution >= 4 is 39.4 Å². The molecule has 0 atom stereocenters. The van der Waals surface area contributed by atoms with Crippen LogP contribution < -0.4 is 5.01 Å². The van der Waals surface area contributed by atoms with E-state index in [1.54, 1.807) is 0 Å². The predicted molar refractivity (Wildman–Crippen MR) is 143 cm³/mol. The molecule has 3 nitrogen and oxygen atoms in total. The van der Waals surface area contributed by atoms with Crippen LogP contribution in [0.2, 0.25) is 0 Å². The molecule has 162 valence electrons. The molecule has 0 bridgehead atoms. The highest BCUT2D eigenvalue weighted by atomic mass is 15.5. The Morgan fingerprint density at radius 2 is 0.971 bits per heavy atom. The Morgan fingerprint density at radius 3 is 1.50 bits per heavy atom. The van der Waals surface area contributed by atoms with Crippen molar-refractivity contribution in [1.82, 2.24) is 4.57 Å². The quantitative estimate of drug-likeness (QED) is 0.198. The molecular weight excluding hydrogens is 414 g/mol. The third-order valence-corrected chi connectivity index (χ3v) is 6.06. The first-order chi connectivity index (χ1) is 16.9. The van der Waals surface area contributed by atoms with E-state index in [1.807, 2.05) is 47.6 Å². The van der Waals surface area contributed by atoms with Gasteiger partial charge in [0.25, 0.3) is 0 Å². The Labute approximate surface area is 198 Å². The van der Waals surface area contributed by atoms with Crippen molar-refractivity contribution in [2.24, 2.45) is 5.10 Å². The minimum absolute atomic E-state index is 1.02. The molecule has 0 amide bonds. The standard InChI is InChI=1S/C31H23N3/c1-3-11-26(12-4-1)34(27-13-5-2-6-14-27)32-23-24-19-21-25(22-20-24)33-30-17-9-7-15-28(30)29-16-8-10-18-31(29)33/h1-23H/b32-23+. The summed E-state index contributed by atoms with van der Waals surface area (Å²) in [7, 11) is 0. The average Bonchev–Trinajstić information content (AvgIpc) is 3.25. The minimum atomic E-state index is 1.02. The third-order valence-electron chi connectivity index (χ3n) is 6.06. The molecule has 3 heteroatoms. The monoisotopic (exact) mass is 437 g/mol. The summed E-state index contributed by atoms with van der Waals surface area (Å²) in [5, 5.41) is 9.32. The zero-order valence-corrected chi connectivity index (χ0v) is 18.6. The number of anilines is 2. The third kappa shape index (κ3) is 3.63. The average molecular weight is 438 g/mol. The number of hydrogen-bond donors (Lipinski definition) is 0. The predicted octanol–water partition coefficient (Wildman–Crippen LogP) is 7.96. The number of aromatic nitrogens is 1. The highest BCUT2D eigenvalue weighted by Crippen LogP contribution is 2.31. The van der Waals surface area contributed by atoms with Gasteiger partial charge in [-0.15, -0.1) is 0 Å². The molecule has 0 aliphatic heterocycles. The van der Waals surface area contributed by atoms with Crippen molar-refractivity contribution in [2.45, 2.75) is 0 Å². The maximum Gasteiger partial charge on any atom is 0.0652 e. The van der Waals surface area contributed by atoms with Gasteiger partial charge in [0.05, 0.1) is 28.6 Å². The van der Waals surface area contributed by atoms with Gasteiger partial charge in [0.1, 0.15) is 0 Å². The van der Waals surface area contributed by atoms with Crippen molar-refractivity contribution in [1.29, 1.82) is 0 Å². The van der Waals surface area contributed by atoms with E-state index in [0.29, 0.717) is 0 Å². The first-order valence-electron chi connectivity index (χ1n) is 11.4. The topological polar surface area (TPSA) is 20.5 Å². The van der Waals surface area contributed by atoms with E-state index in [4.69, 9.17) is 5.10 Å². The van der Waals surface area contributed by atoms with Crippen LogP contribution in [0.3, 0.4) is 0 Å². The van der Waals surface area contributed by atoms with Crippen LogP contribution in [0, 0.1) is 0 Å². The lowest BCUT2D eigenvalue weighted by atomic mass is 10.2. The normalized spacial score (nSPS) is 11.4. The lowest BCUT2D eigenvalue weighted by Crippen LogP contribution is -2.09. The van der Waals surface area contributed by atoms with Gasteiger partial charge in [-0.25, -0.2) is 5.01 Å². The molecule has 0 aliphatic carbocycles. The molecule has 6 rings (SSSR count). The van der Waals surface area contributed by atoms with E-state index >= 15 is 0 Å². The summed E-state index contributed by atoms with van der Waals surface area (Å²) in [5.41, 5.74) is 6.64. The first kappa shape index (κ1) is 20.0. The molecule has 1 heterocycles. The number of fused-ring (bicyclic) bond motifs is 3. The number of rotatable bonds is 5. The minimum Gasteiger partial charge on any atom is -0.309 e. The lowest BCUT2D eigenvalue weighted by Gasteiger charge is -2.19. The lowest BCUT2D eigenvalue weighted by molar-refractivity contribution is 1.09. The van der Waals surface area contributed by atoms with Gasteiger partial charge in [-0.1, -0.05) is 84.9 Å². The highest BCUT2D eigenvalue weighted by molar-refractivity contribution is 6.09. The maximum atomic E-state index is 4.83. The SMILES string of the molecule is C(=N\N(c1ccccc1)c1ccccc1)/c1ccc(-n2c3ccccc3c3ccccc32)cc1. The second-order valence-corrected chi connectivity index (χ2v) is 8.19. The summed E-state index contributed by atoms with van der Waals surface area (Å²) < 4.78 is 2.33. The van der Waals surface area contributed by atoms with E-state index in [2.05, 4.69) is 102 Å². The van der Waals surface area contributed by atoms with Crippen LogP contribution >= 0.6 is 0 Å². The summed E-state index contributed by atoms with van der Waals surface area (Å²) in [6, 6.07) is 46.1. The van der Waals surface area contributed by atoms with E-state index in [0.717, 1.165) is 22.6 Å². The summed E-state index contributed by atoms with van der Waals surface area (Å²) in [4.78, 5) is 0. The second-order valence-electron chi connectivity index (χ2n) is 8.19. The van der Waals surface area contributed by atoms with Gasteiger partial charge in [0.2, 0.25) is 0 Å². The largest absolute Gasteiger partial charge is 0.309 e. The molecule has 0 spiro atoms. The maximum absolute atomic E-state index is 4.83. The van der Waals surface area contributed by atoms with E-state index in [9.17, 15) is 0 Å². The molecule has 0 saturated heterocycles. The van der Waals surface area contributed by atoms with Gasteiger partial charge >= 0.3 is 0 Å². The molecule has 34 heavy (non-hydrogen) atoms. The molecule has 1 aromatic heterocycles. The zero-order valence-electron chi connectivity index (χ0n) is 18.6. The fourth-order valence-electron chi connectivity index (χ4n) is 4.46. The van der Waals surface area contributed by atoms with Crippen molar-refractivity contribution in [3.8, 4) is 5.69 Å². The zero-order chi connectivity index (χ0) is 22.7. The fourth-order valence-corrected chi connectivity index (χ4v) is 4.46. The Morgan fingerprint density at radius 1 is 0.500 bits per heavy atom. The Balaban J connectivity index is 1.37. The van der Waals surface area contributed by atoms with Crippen molar-refractivity contribution in [2.75, 3.05) is 5.01 Å². The van der Waals surface area contributed by atoms with Crippen LogP contribution in [-0.2, 0) is 0 Å². The van der Waals surface area contributed by atoms with Gasteiger partial charge in [-0.3, -0.25) is 0 Å². The number of hydrogen-bond acceptors (Lipinski definition) is 2. The molecule has 6 aromatic rings. The van der Waals surface area contributed by atoms with Crippen LogP contribution in [0.15, 0.2) is 139 Å². The molecule has 0 radical (unpaired) electrons. The molecular formula is C31H23N3. The molecule has 0 fully saturated rings. The van der Waals surface area contributed by atoms with Gasteiger partial charge in [-0.05, 0) is 54.1 Å². The number of para-hydroxylation sites is 4. The number of benzene rings is 5. The molecule has 0 N–H and O–H groups in total. The van der Waals surface area contributed by atoms with Crippen LogP contribution in [0.1, 0.15) is 5.56 Å². The van der Waals surface area contributed by atoms with Crippen LogP contribution in [0.5, 0.6) is 0 Å². The summed E-state index contributed by atoms with van der Waals surface area (Å²) in [6.45, 7) is 0. The molecule has 0 saturated carbocycles. The van der Waals surface area contributed by atoms with Gasteiger partial charge in [0, 0.05) is 16.5 Å². The van der Waals surface area contributed by atoms with E-state index in [1.165, 1.54) is 21.8 Å². The summed E-state index contributed by atoms with van der Waals surface area (Å²) in [6.07, 6.45) is 1.91. The molecule has 5 aromatic carbocycles. The van der Waals surface area contributed by atoms with E-state index in [-0.39, 0.29) is 0 Å². The van der Waals surface area contributed by atoms with E-state index < -0.39 is 0 Å². The number of nitrogens with zero attached hydrogens (tertiary/aromatic N) is 3. The Hall–Kier alpha value is -4.63. The Kier molecular flexibility index (Phi) is 5.13. The van der Waals surface area contributed by atoms with Gasteiger partial charge in [-0.2, -0.15) is 5.10 Å². The fraction of sp³-hybridized carbons (Fsp3) is 0. The van der Waals surface area contributed by atoms with Crippen LogP contribution in [0.4, 0.5) is 11.4 Å². The molecule has 0 unspecified atom stereocenters. The first-order valence-corrected chi connectivity index (χ1v) is 11.4. The van der Waals surface area contributed by atoms with Gasteiger partial charge in [0.15, 0.2) is 0 Å². The highest BCUT2D eigenvalue weighted by Gasteiger charge is 2.11. The van der Waals surface area contributed by atoms with Crippen LogP contribution in [-0.4, -0.2) is 10.8 Å². The van der Waals surface area contributed by atoms with Gasteiger partial charge < -0.3 is 4.57 Å². The van der Waals surface area contributed by atoms with Crippen LogP contribution in [0.25, 0.3) is 27.5 Å². The second kappa shape index (κ2) is 8.72. The summed E-state index contributed by atoms with van der Waals surface area (Å²) in [5.74, 6) is 0. The number of hydrazone groups is 1. The smallest absolute Gasteiger partial charge is 0.0652 e. The molecule has 0 aliphatic rings. The van der Waals surface area contributed by atoms with Crippen molar-refractivity contribution in [3.63, 3.8) is 0 Å². The summed E-state index contributed by atoms with van der Waals surface area (Å²) >= 11 is 0. The van der Waals surface area contributed by atoms with Crippen molar-refractivity contribution in [3.05, 3.63) is 139 Å². The Bertz CT molecular complexity index is 1490.